The first-order chi connectivity index (χ1) is 9.81. The van der Waals surface area contributed by atoms with Gasteiger partial charge >= 0.3 is 0 Å². The summed E-state index contributed by atoms with van der Waals surface area (Å²) in [5, 5.41) is 7.57. The monoisotopic (exact) mass is 268 g/mol. The lowest BCUT2D eigenvalue weighted by atomic mass is 10.3. The second kappa shape index (κ2) is 5.75. The number of para-hydroxylation sites is 2. The summed E-state index contributed by atoms with van der Waals surface area (Å²) >= 11 is 0. The average molecular weight is 268 g/mol. The molecule has 1 aromatic carbocycles. The molecule has 3 rings (SSSR count). The number of fused-ring (bicyclic) bond motifs is 1. The molecule has 1 N–H and O–H groups in total. The van der Waals surface area contributed by atoms with Crippen LogP contribution in [0.4, 0.5) is 0 Å². The number of hydrogen-bond donors (Lipinski definition) is 1. The number of aromatic nitrogens is 5. The summed E-state index contributed by atoms with van der Waals surface area (Å²) < 4.78 is 1.71. The molecule has 2 aromatic heterocycles. The van der Waals surface area contributed by atoms with Crippen molar-refractivity contribution in [1.82, 2.24) is 30.0 Å². The van der Waals surface area contributed by atoms with Crippen LogP contribution in [0.2, 0.25) is 0 Å². The highest BCUT2D eigenvalue weighted by Crippen LogP contribution is 2.08. The van der Waals surface area contributed by atoms with Crippen LogP contribution in [0.15, 0.2) is 36.8 Å². The van der Waals surface area contributed by atoms with E-state index in [9.17, 15) is 0 Å². The van der Waals surface area contributed by atoms with Crippen molar-refractivity contribution >= 4 is 11.0 Å². The van der Waals surface area contributed by atoms with Crippen molar-refractivity contribution in [2.24, 2.45) is 7.05 Å². The summed E-state index contributed by atoms with van der Waals surface area (Å²) in [6, 6.07) is 7.88. The Bertz CT molecular complexity index is 705. The third-order valence-electron chi connectivity index (χ3n) is 2.98. The van der Waals surface area contributed by atoms with Gasteiger partial charge in [-0.25, -0.2) is 9.97 Å². The Morgan fingerprint density at radius 3 is 2.80 bits per heavy atom. The van der Waals surface area contributed by atoms with Crippen molar-refractivity contribution < 1.29 is 0 Å². The number of benzene rings is 1. The van der Waals surface area contributed by atoms with Gasteiger partial charge in [-0.05, 0) is 12.1 Å². The molecule has 102 valence electrons. The third kappa shape index (κ3) is 2.97. The number of nitrogens with zero attached hydrogens (tertiary/aromatic N) is 5. The molecule has 6 nitrogen and oxygen atoms in total. The smallest absolute Gasteiger partial charge is 0.151 e. The van der Waals surface area contributed by atoms with E-state index in [1.54, 1.807) is 11.0 Å². The van der Waals surface area contributed by atoms with Crippen LogP contribution in [0.25, 0.3) is 11.0 Å². The first-order valence-electron chi connectivity index (χ1n) is 6.57. The number of hydrogen-bond acceptors (Lipinski definition) is 5. The van der Waals surface area contributed by atoms with Crippen molar-refractivity contribution in [3.05, 3.63) is 48.3 Å². The van der Waals surface area contributed by atoms with Gasteiger partial charge in [-0.1, -0.05) is 12.1 Å². The van der Waals surface area contributed by atoms with Crippen molar-refractivity contribution in [1.29, 1.82) is 0 Å². The second-order valence-electron chi connectivity index (χ2n) is 4.61. The Balaban J connectivity index is 1.54. The maximum atomic E-state index is 4.56. The SMILES string of the molecule is Cn1cnc(CCNCc2cnc3ccccc3n2)n1. The van der Waals surface area contributed by atoms with Crippen molar-refractivity contribution in [3.8, 4) is 0 Å². The summed E-state index contributed by atoms with van der Waals surface area (Å²) in [5.41, 5.74) is 2.80. The quantitative estimate of drug-likeness (QED) is 0.702. The van der Waals surface area contributed by atoms with Gasteiger partial charge in [0.2, 0.25) is 0 Å². The molecule has 20 heavy (non-hydrogen) atoms. The van der Waals surface area contributed by atoms with Gasteiger partial charge in [0.25, 0.3) is 0 Å². The fourth-order valence-electron chi connectivity index (χ4n) is 2.00. The van der Waals surface area contributed by atoms with Gasteiger partial charge < -0.3 is 5.32 Å². The molecule has 6 heteroatoms. The maximum Gasteiger partial charge on any atom is 0.151 e. The van der Waals surface area contributed by atoms with Crippen LogP contribution in [0.5, 0.6) is 0 Å². The predicted octanol–water partition coefficient (Wildman–Crippen LogP) is 1.09. The molecular weight excluding hydrogens is 252 g/mol. The Labute approximate surface area is 116 Å². The van der Waals surface area contributed by atoms with Crippen molar-refractivity contribution in [3.63, 3.8) is 0 Å². The zero-order valence-corrected chi connectivity index (χ0v) is 11.3. The topological polar surface area (TPSA) is 68.5 Å². The lowest BCUT2D eigenvalue weighted by Crippen LogP contribution is -2.18. The normalized spacial score (nSPS) is 11.1. The molecule has 3 aromatic rings. The molecule has 0 aliphatic carbocycles. The Hall–Kier alpha value is -2.34. The largest absolute Gasteiger partial charge is 0.311 e. The Kier molecular flexibility index (Phi) is 3.64. The van der Waals surface area contributed by atoms with Gasteiger partial charge in [-0.2, -0.15) is 5.10 Å². The molecule has 0 atom stereocenters. The molecule has 0 saturated carbocycles. The zero-order chi connectivity index (χ0) is 13.8. The molecule has 0 bridgehead atoms. The van der Waals surface area contributed by atoms with Gasteiger partial charge in [0.15, 0.2) is 5.82 Å². The molecule has 2 heterocycles. The third-order valence-corrected chi connectivity index (χ3v) is 2.98. The molecule has 0 amide bonds. The fraction of sp³-hybridized carbons (Fsp3) is 0.286. The van der Waals surface area contributed by atoms with Gasteiger partial charge in [0, 0.05) is 26.6 Å². The standard InChI is InChI=1S/C14H16N6/c1-20-10-17-14(19-20)6-7-15-8-11-9-16-12-4-2-3-5-13(12)18-11/h2-5,9-10,15H,6-8H2,1H3. The molecule has 0 saturated heterocycles. The molecule has 0 aliphatic heterocycles. The van der Waals surface area contributed by atoms with Gasteiger partial charge in [-0.15, -0.1) is 0 Å². The van der Waals surface area contributed by atoms with E-state index in [1.807, 2.05) is 37.5 Å². The molecular formula is C14H16N6. The van der Waals surface area contributed by atoms with Crippen LogP contribution in [-0.4, -0.2) is 31.3 Å². The predicted molar refractivity (Wildman–Crippen MR) is 76.0 cm³/mol. The Morgan fingerprint density at radius 1 is 1.15 bits per heavy atom. The summed E-state index contributed by atoms with van der Waals surface area (Å²) in [6.45, 7) is 1.52. The van der Waals surface area contributed by atoms with E-state index >= 15 is 0 Å². The molecule has 0 spiro atoms. The Morgan fingerprint density at radius 2 is 2.00 bits per heavy atom. The van der Waals surface area contributed by atoms with Crippen LogP contribution < -0.4 is 5.32 Å². The van der Waals surface area contributed by atoms with E-state index in [2.05, 4.69) is 25.4 Å². The van der Waals surface area contributed by atoms with Crippen LogP contribution >= 0.6 is 0 Å². The highest BCUT2D eigenvalue weighted by atomic mass is 15.3. The highest BCUT2D eigenvalue weighted by Gasteiger charge is 2.01. The molecule has 0 unspecified atom stereocenters. The summed E-state index contributed by atoms with van der Waals surface area (Å²) in [7, 11) is 1.87. The zero-order valence-electron chi connectivity index (χ0n) is 11.3. The van der Waals surface area contributed by atoms with Gasteiger partial charge in [0.05, 0.1) is 22.9 Å². The summed E-state index contributed by atoms with van der Waals surface area (Å²) in [4.78, 5) is 13.1. The summed E-state index contributed by atoms with van der Waals surface area (Å²) in [5.74, 6) is 0.851. The lowest BCUT2D eigenvalue weighted by molar-refractivity contribution is 0.652. The minimum Gasteiger partial charge on any atom is -0.311 e. The highest BCUT2D eigenvalue weighted by molar-refractivity contribution is 5.73. The molecule has 0 fully saturated rings. The van der Waals surface area contributed by atoms with E-state index in [0.29, 0.717) is 6.54 Å². The van der Waals surface area contributed by atoms with E-state index in [4.69, 9.17) is 0 Å². The van der Waals surface area contributed by atoms with Crippen molar-refractivity contribution in [2.75, 3.05) is 6.54 Å². The minimum absolute atomic E-state index is 0.699. The fourth-order valence-corrected chi connectivity index (χ4v) is 2.00. The number of aryl methyl sites for hydroxylation is 1. The first kappa shape index (κ1) is 12.7. The van der Waals surface area contributed by atoms with Gasteiger partial charge in [0.1, 0.15) is 6.33 Å². The van der Waals surface area contributed by atoms with Crippen molar-refractivity contribution in [2.45, 2.75) is 13.0 Å². The van der Waals surface area contributed by atoms with E-state index < -0.39 is 0 Å². The lowest BCUT2D eigenvalue weighted by Gasteiger charge is -2.04. The minimum atomic E-state index is 0.699. The van der Waals surface area contributed by atoms with Crippen LogP contribution in [0.3, 0.4) is 0 Å². The van der Waals surface area contributed by atoms with E-state index in [0.717, 1.165) is 35.5 Å². The molecule has 0 radical (unpaired) electrons. The average Bonchev–Trinajstić information content (AvgIpc) is 2.89. The summed E-state index contributed by atoms with van der Waals surface area (Å²) in [6.07, 6.45) is 4.33. The number of nitrogens with one attached hydrogen (secondary N) is 1. The van der Waals surface area contributed by atoms with E-state index in [1.165, 1.54) is 0 Å². The van der Waals surface area contributed by atoms with Crippen LogP contribution in [0.1, 0.15) is 11.5 Å². The van der Waals surface area contributed by atoms with Crippen LogP contribution in [-0.2, 0) is 20.0 Å². The number of rotatable bonds is 5. The maximum absolute atomic E-state index is 4.56. The first-order valence-corrected chi connectivity index (χ1v) is 6.57. The molecule has 0 aliphatic rings. The second-order valence-corrected chi connectivity index (χ2v) is 4.61. The van der Waals surface area contributed by atoms with E-state index in [-0.39, 0.29) is 0 Å². The van der Waals surface area contributed by atoms with Crippen LogP contribution in [0, 0.1) is 0 Å². The van der Waals surface area contributed by atoms with Gasteiger partial charge in [-0.3, -0.25) is 9.67 Å².